The Bertz CT molecular complexity index is 680. The van der Waals surface area contributed by atoms with Gasteiger partial charge < -0.3 is 20.9 Å². The van der Waals surface area contributed by atoms with Gasteiger partial charge in [-0.2, -0.15) is 0 Å². The number of benzene rings is 1. The maximum absolute atomic E-state index is 12.5. The molecule has 6 nitrogen and oxygen atoms in total. The van der Waals surface area contributed by atoms with Crippen LogP contribution in [0, 0.1) is 0 Å². The first kappa shape index (κ1) is 17.0. The minimum absolute atomic E-state index is 0.0464. The Hall–Kier alpha value is -2.34. The van der Waals surface area contributed by atoms with E-state index >= 15 is 0 Å². The van der Waals surface area contributed by atoms with E-state index in [0.717, 1.165) is 16.5 Å². The standard InChI is InChI=1S/C17H24N4O2/c1-3-19-16(22)11-21(4-2)17(23)14(18)9-12-10-20-15-8-6-5-7-13(12)15/h5-8,10,14,20H,3-4,9,11,18H2,1-2H3,(H,19,22)/t14-/m0/s1. The number of H-pyrrole nitrogens is 1. The molecule has 0 saturated carbocycles. The molecule has 0 radical (unpaired) electrons. The van der Waals surface area contributed by atoms with E-state index in [-0.39, 0.29) is 18.4 Å². The van der Waals surface area contributed by atoms with Crippen LogP contribution in [0.25, 0.3) is 10.9 Å². The second-order valence-corrected chi connectivity index (χ2v) is 5.48. The lowest BCUT2D eigenvalue weighted by Crippen LogP contribution is -2.48. The molecule has 0 aliphatic heterocycles. The zero-order valence-electron chi connectivity index (χ0n) is 13.6. The zero-order valence-corrected chi connectivity index (χ0v) is 13.6. The predicted molar refractivity (Wildman–Crippen MR) is 90.9 cm³/mol. The molecule has 0 unspecified atom stereocenters. The average Bonchev–Trinajstić information content (AvgIpc) is 2.95. The summed E-state index contributed by atoms with van der Waals surface area (Å²) in [5.74, 6) is -0.369. The minimum Gasteiger partial charge on any atom is -0.361 e. The highest BCUT2D eigenvalue weighted by molar-refractivity contribution is 5.89. The van der Waals surface area contributed by atoms with E-state index in [4.69, 9.17) is 5.73 Å². The van der Waals surface area contributed by atoms with Crippen LogP contribution in [0.2, 0.25) is 0 Å². The van der Waals surface area contributed by atoms with Crippen LogP contribution in [0.5, 0.6) is 0 Å². The molecular weight excluding hydrogens is 292 g/mol. The summed E-state index contributed by atoms with van der Waals surface area (Å²) in [6, 6.07) is 7.24. The molecule has 4 N–H and O–H groups in total. The van der Waals surface area contributed by atoms with E-state index in [0.29, 0.717) is 19.5 Å². The summed E-state index contributed by atoms with van der Waals surface area (Å²) >= 11 is 0. The van der Waals surface area contributed by atoms with Crippen LogP contribution >= 0.6 is 0 Å². The Labute approximate surface area is 136 Å². The number of carbonyl (C=O) groups is 2. The van der Waals surface area contributed by atoms with Gasteiger partial charge in [0.05, 0.1) is 12.6 Å². The Morgan fingerprint density at radius 3 is 2.74 bits per heavy atom. The zero-order chi connectivity index (χ0) is 16.8. The summed E-state index contributed by atoms with van der Waals surface area (Å²) < 4.78 is 0. The Kier molecular flexibility index (Phi) is 5.76. The smallest absolute Gasteiger partial charge is 0.240 e. The molecule has 1 atom stereocenters. The molecular formula is C17H24N4O2. The quantitative estimate of drug-likeness (QED) is 0.712. The SMILES string of the molecule is CCNC(=O)CN(CC)C(=O)[C@@H](N)Cc1c[nH]c2ccccc12. The van der Waals surface area contributed by atoms with E-state index < -0.39 is 6.04 Å². The normalized spacial score (nSPS) is 12.1. The molecule has 23 heavy (non-hydrogen) atoms. The van der Waals surface area contributed by atoms with Crippen LogP contribution in [-0.2, 0) is 16.0 Å². The molecule has 0 fully saturated rings. The van der Waals surface area contributed by atoms with Crippen molar-refractivity contribution in [3.8, 4) is 0 Å². The number of rotatable bonds is 7. The van der Waals surface area contributed by atoms with Crippen LogP contribution in [0.15, 0.2) is 30.5 Å². The van der Waals surface area contributed by atoms with Crippen molar-refractivity contribution >= 4 is 22.7 Å². The highest BCUT2D eigenvalue weighted by Crippen LogP contribution is 2.19. The molecule has 124 valence electrons. The Morgan fingerprint density at radius 1 is 1.30 bits per heavy atom. The number of hydrogen-bond acceptors (Lipinski definition) is 3. The first-order valence-electron chi connectivity index (χ1n) is 7.92. The largest absolute Gasteiger partial charge is 0.361 e. The lowest BCUT2D eigenvalue weighted by Gasteiger charge is -2.23. The molecule has 0 saturated heterocycles. The third-order valence-electron chi connectivity index (χ3n) is 3.83. The first-order chi connectivity index (χ1) is 11.1. The van der Waals surface area contributed by atoms with Crippen molar-refractivity contribution < 1.29 is 9.59 Å². The molecule has 0 aliphatic carbocycles. The topological polar surface area (TPSA) is 91.2 Å². The van der Waals surface area contributed by atoms with Crippen molar-refractivity contribution in [2.75, 3.05) is 19.6 Å². The summed E-state index contributed by atoms with van der Waals surface area (Å²) in [5.41, 5.74) is 8.12. The molecule has 1 aromatic heterocycles. The lowest BCUT2D eigenvalue weighted by molar-refractivity contribution is -0.136. The van der Waals surface area contributed by atoms with E-state index in [2.05, 4.69) is 10.3 Å². The predicted octanol–water partition coefficient (Wildman–Crippen LogP) is 1.02. The number of fused-ring (bicyclic) bond motifs is 1. The van der Waals surface area contributed by atoms with Crippen molar-refractivity contribution in [2.24, 2.45) is 5.73 Å². The van der Waals surface area contributed by atoms with Gasteiger partial charge in [-0.1, -0.05) is 18.2 Å². The van der Waals surface area contributed by atoms with Gasteiger partial charge in [-0.15, -0.1) is 0 Å². The van der Waals surface area contributed by atoms with E-state index in [1.807, 2.05) is 44.3 Å². The Balaban J connectivity index is 2.05. The highest BCUT2D eigenvalue weighted by Gasteiger charge is 2.22. The van der Waals surface area contributed by atoms with E-state index in [1.54, 1.807) is 0 Å². The number of hydrogen-bond donors (Lipinski definition) is 3. The van der Waals surface area contributed by atoms with E-state index in [1.165, 1.54) is 4.90 Å². The summed E-state index contributed by atoms with van der Waals surface area (Å²) in [5, 5.41) is 3.77. The van der Waals surface area contributed by atoms with Gasteiger partial charge >= 0.3 is 0 Å². The highest BCUT2D eigenvalue weighted by atomic mass is 16.2. The van der Waals surface area contributed by atoms with Gasteiger partial charge in [0.1, 0.15) is 0 Å². The van der Waals surface area contributed by atoms with Crippen molar-refractivity contribution in [3.63, 3.8) is 0 Å². The number of aromatic amines is 1. The second kappa shape index (κ2) is 7.78. The number of aromatic nitrogens is 1. The molecule has 2 amide bonds. The van der Waals surface area contributed by atoms with Crippen molar-refractivity contribution in [1.29, 1.82) is 0 Å². The second-order valence-electron chi connectivity index (χ2n) is 5.48. The summed E-state index contributed by atoms with van der Waals surface area (Å²) in [7, 11) is 0. The molecule has 1 heterocycles. The van der Waals surface area contributed by atoms with Gasteiger partial charge in [-0.05, 0) is 31.9 Å². The number of para-hydroxylation sites is 1. The van der Waals surface area contributed by atoms with Crippen molar-refractivity contribution in [1.82, 2.24) is 15.2 Å². The third-order valence-corrected chi connectivity index (χ3v) is 3.83. The molecule has 6 heteroatoms. The first-order valence-corrected chi connectivity index (χ1v) is 7.92. The molecule has 0 bridgehead atoms. The maximum Gasteiger partial charge on any atom is 0.240 e. The average molecular weight is 316 g/mol. The fourth-order valence-corrected chi connectivity index (χ4v) is 2.63. The molecule has 0 aliphatic rings. The van der Waals surface area contributed by atoms with Crippen LogP contribution in [0.3, 0.4) is 0 Å². The van der Waals surface area contributed by atoms with Gasteiger partial charge in [-0.3, -0.25) is 9.59 Å². The number of carbonyl (C=O) groups excluding carboxylic acids is 2. The number of nitrogens with two attached hydrogens (primary N) is 1. The van der Waals surface area contributed by atoms with Crippen molar-refractivity contribution in [2.45, 2.75) is 26.3 Å². The van der Waals surface area contributed by atoms with Crippen molar-refractivity contribution in [3.05, 3.63) is 36.0 Å². The fourth-order valence-electron chi connectivity index (χ4n) is 2.63. The van der Waals surface area contributed by atoms with E-state index in [9.17, 15) is 9.59 Å². The Morgan fingerprint density at radius 2 is 2.04 bits per heavy atom. The lowest BCUT2D eigenvalue weighted by atomic mass is 10.0. The number of likely N-dealkylation sites (N-methyl/N-ethyl adjacent to an activating group) is 2. The maximum atomic E-state index is 12.5. The summed E-state index contributed by atoms with van der Waals surface area (Å²) in [6.45, 7) is 4.74. The molecule has 2 rings (SSSR count). The molecule has 1 aromatic carbocycles. The van der Waals surface area contributed by atoms with Crippen LogP contribution in [-0.4, -0.2) is 47.4 Å². The van der Waals surface area contributed by atoms with Gasteiger partial charge in [-0.25, -0.2) is 0 Å². The molecule has 2 aromatic rings. The monoisotopic (exact) mass is 316 g/mol. The fraction of sp³-hybridized carbons (Fsp3) is 0.412. The van der Waals surface area contributed by atoms with Gasteiger partial charge in [0.25, 0.3) is 0 Å². The van der Waals surface area contributed by atoms with Gasteiger partial charge in [0.2, 0.25) is 11.8 Å². The summed E-state index contributed by atoms with van der Waals surface area (Å²) in [6.07, 6.45) is 2.33. The minimum atomic E-state index is -0.663. The number of amides is 2. The van der Waals surface area contributed by atoms with Gasteiger partial charge in [0, 0.05) is 30.2 Å². The van der Waals surface area contributed by atoms with Gasteiger partial charge in [0.15, 0.2) is 0 Å². The third kappa shape index (κ3) is 4.10. The number of nitrogens with zero attached hydrogens (tertiary/aromatic N) is 1. The number of nitrogens with one attached hydrogen (secondary N) is 2. The van der Waals surface area contributed by atoms with Crippen LogP contribution in [0.4, 0.5) is 0 Å². The van der Waals surface area contributed by atoms with Crippen LogP contribution < -0.4 is 11.1 Å². The molecule has 0 spiro atoms. The summed E-state index contributed by atoms with van der Waals surface area (Å²) in [4.78, 5) is 28.8. The van der Waals surface area contributed by atoms with Crippen LogP contribution in [0.1, 0.15) is 19.4 Å².